The van der Waals surface area contributed by atoms with Crippen molar-refractivity contribution in [3.63, 3.8) is 0 Å². The lowest BCUT2D eigenvalue weighted by Crippen LogP contribution is -2.50. The van der Waals surface area contributed by atoms with Crippen molar-refractivity contribution in [2.75, 3.05) is 26.2 Å². The molecular formula is C15H17ClN4O3S. The first-order valence-corrected chi connectivity index (χ1v) is 9.27. The summed E-state index contributed by atoms with van der Waals surface area (Å²) in [5.74, 6) is -0.192. The Morgan fingerprint density at radius 2 is 1.79 bits per heavy atom. The van der Waals surface area contributed by atoms with Crippen LogP contribution in [0.1, 0.15) is 16.2 Å². The molecule has 128 valence electrons. The Morgan fingerprint density at radius 1 is 1.17 bits per heavy atom. The number of H-pyrrole nitrogens is 1. The SMILES string of the molecule is Cc1cc(C(=O)N2CCN(S(=O)(=O)c3ccc(Cl)cc3)CC2)n[nH]1. The Kier molecular flexibility index (Phi) is 4.62. The second-order valence-corrected chi connectivity index (χ2v) is 7.96. The van der Waals surface area contributed by atoms with E-state index in [1.165, 1.54) is 16.4 Å². The number of benzene rings is 1. The number of aromatic amines is 1. The molecule has 1 aromatic heterocycles. The molecule has 0 aliphatic carbocycles. The van der Waals surface area contributed by atoms with Crippen LogP contribution in [0.3, 0.4) is 0 Å². The van der Waals surface area contributed by atoms with Gasteiger partial charge in [0.2, 0.25) is 10.0 Å². The number of carbonyl (C=O) groups excluding carboxylic acids is 1. The molecule has 0 radical (unpaired) electrons. The number of rotatable bonds is 3. The third-order valence-corrected chi connectivity index (χ3v) is 6.07. The molecule has 1 amide bonds. The third kappa shape index (κ3) is 3.31. The average molecular weight is 369 g/mol. The van der Waals surface area contributed by atoms with Crippen LogP contribution >= 0.6 is 11.6 Å². The number of sulfonamides is 1. The maximum absolute atomic E-state index is 12.6. The zero-order valence-corrected chi connectivity index (χ0v) is 14.6. The number of carbonyl (C=O) groups is 1. The van der Waals surface area contributed by atoms with E-state index >= 15 is 0 Å². The Hall–Kier alpha value is -1.90. The molecular weight excluding hydrogens is 352 g/mol. The van der Waals surface area contributed by atoms with E-state index in [2.05, 4.69) is 10.2 Å². The lowest BCUT2D eigenvalue weighted by molar-refractivity contribution is 0.0692. The van der Waals surface area contributed by atoms with Gasteiger partial charge < -0.3 is 4.90 Å². The molecule has 1 aliphatic rings. The summed E-state index contributed by atoms with van der Waals surface area (Å²) >= 11 is 5.80. The van der Waals surface area contributed by atoms with Gasteiger partial charge in [-0.3, -0.25) is 9.89 Å². The number of hydrogen-bond donors (Lipinski definition) is 1. The van der Waals surface area contributed by atoms with Crippen molar-refractivity contribution in [3.05, 3.63) is 46.7 Å². The van der Waals surface area contributed by atoms with Gasteiger partial charge in [-0.1, -0.05) is 11.6 Å². The molecule has 1 aliphatic heterocycles. The average Bonchev–Trinajstić information content (AvgIpc) is 3.01. The van der Waals surface area contributed by atoms with Crippen LogP contribution in [0.4, 0.5) is 0 Å². The summed E-state index contributed by atoms with van der Waals surface area (Å²) in [5.41, 5.74) is 1.16. The second-order valence-electron chi connectivity index (χ2n) is 5.59. The first-order valence-electron chi connectivity index (χ1n) is 7.45. The normalized spacial score (nSPS) is 16.3. The standard InChI is InChI=1S/C15H17ClN4O3S/c1-11-10-14(18-17-11)15(21)19-6-8-20(9-7-19)24(22,23)13-4-2-12(16)3-5-13/h2-5,10H,6-9H2,1H3,(H,17,18). The van der Waals surface area contributed by atoms with Crippen molar-refractivity contribution in [3.8, 4) is 0 Å². The van der Waals surface area contributed by atoms with Gasteiger partial charge in [0.15, 0.2) is 0 Å². The molecule has 7 nitrogen and oxygen atoms in total. The molecule has 1 saturated heterocycles. The van der Waals surface area contributed by atoms with Gasteiger partial charge in [0.05, 0.1) is 4.90 Å². The Morgan fingerprint density at radius 3 is 2.33 bits per heavy atom. The van der Waals surface area contributed by atoms with Gasteiger partial charge in [0.25, 0.3) is 5.91 Å². The fraction of sp³-hybridized carbons (Fsp3) is 0.333. The molecule has 2 heterocycles. The maximum atomic E-state index is 12.6. The van der Waals surface area contributed by atoms with Gasteiger partial charge in [0.1, 0.15) is 5.69 Å². The largest absolute Gasteiger partial charge is 0.335 e. The van der Waals surface area contributed by atoms with Crippen LogP contribution in [0.25, 0.3) is 0 Å². The van der Waals surface area contributed by atoms with Gasteiger partial charge in [-0.15, -0.1) is 0 Å². The van der Waals surface area contributed by atoms with Crippen molar-refractivity contribution in [2.24, 2.45) is 0 Å². The lowest BCUT2D eigenvalue weighted by Gasteiger charge is -2.33. The zero-order chi connectivity index (χ0) is 17.3. The summed E-state index contributed by atoms with van der Waals surface area (Å²) in [6, 6.07) is 7.75. The van der Waals surface area contributed by atoms with Gasteiger partial charge in [0, 0.05) is 36.9 Å². The lowest BCUT2D eigenvalue weighted by atomic mass is 10.3. The number of piperazine rings is 1. The van der Waals surface area contributed by atoms with E-state index in [1.807, 2.05) is 6.92 Å². The first kappa shape index (κ1) is 16.9. The van der Waals surface area contributed by atoms with E-state index in [1.54, 1.807) is 23.1 Å². The molecule has 24 heavy (non-hydrogen) atoms. The number of halogens is 1. The van der Waals surface area contributed by atoms with E-state index in [9.17, 15) is 13.2 Å². The minimum atomic E-state index is -3.57. The molecule has 0 atom stereocenters. The number of nitrogens with zero attached hydrogens (tertiary/aromatic N) is 3. The van der Waals surface area contributed by atoms with Gasteiger partial charge in [-0.25, -0.2) is 8.42 Å². The molecule has 1 N–H and O–H groups in total. The summed E-state index contributed by atoms with van der Waals surface area (Å²) in [4.78, 5) is 14.2. The molecule has 9 heteroatoms. The molecule has 1 aromatic carbocycles. The molecule has 0 unspecified atom stereocenters. The van der Waals surface area contributed by atoms with Crippen LogP contribution in [0.5, 0.6) is 0 Å². The summed E-state index contributed by atoms with van der Waals surface area (Å²) in [6.45, 7) is 2.98. The van der Waals surface area contributed by atoms with Crippen LogP contribution in [-0.4, -0.2) is 59.9 Å². The van der Waals surface area contributed by atoms with E-state index < -0.39 is 10.0 Å². The predicted octanol–water partition coefficient (Wildman–Crippen LogP) is 1.52. The van der Waals surface area contributed by atoms with Crippen LogP contribution < -0.4 is 0 Å². The van der Waals surface area contributed by atoms with Crippen molar-refractivity contribution in [2.45, 2.75) is 11.8 Å². The van der Waals surface area contributed by atoms with Gasteiger partial charge in [-0.2, -0.15) is 9.40 Å². The summed E-state index contributed by atoms with van der Waals surface area (Å²) in [6.07, 6.45) is 0. The number of hydrogen-bond acceptors (Lipinski definition) is 4. The highest BCUT2D eigenvalue weighted by atomic mass is 35.5. The van der Waals surface area contributed by atoms with Crippen LogP contribution in [0.2, 0.25) is 5.02 Å². The highest BCUT2D eigenvalue weighted by molar-refractivity contribution is 7.89. The highest BCUT2D eigenvalue weighted by Crippen LogP contribution is 2.20. The van der Waals surface area contributed by atoms with E-state index in [-0.39, 0.29) is 23.9 Å². The molecule has 0 spiro atoms. The second kappa shape index (κ2) is 6.54. The fourth-order valence-corrected chi connectivity index (χ4v) is 4.12. The van der Waals surface area contributed by atoms with E-state index in [0.29, 0.717) is 23.8 Å². The minimum Gasteiger partial charge on any atom is -0.335 e. The Bertz CT molecular complexity index is 840. The number of nitrogens with one attached hydrogen (secondary N) is 1. The van der Waals surface area contributed by atoms with Gasteiger partial charge >= 0.3 is 0 Å². The summed E-state index contributed by atoms with van der Waals surface area (Å²) in [7, 11) is -3.57. The Balaban J connectivity index is 1.68. The number of aromatic nitrogens is 2. The quantitative estimate of drug-likeness (QED) is 0.889. The molecule has 0 saturated carbocycles. The predicted molar refractivity (Wildman–Crippen MR) is 89.4 cm³/mol. The van der Waals surface area contributed by atoms with Crippen molar-refractivity contribution < 1.29 is 13.2 Å². The Labute approximate surface area is 145 Å². The zero-order valence-electron chi connectivity index (χ0n) is 13.1. The minimum absolute atomic E-state index is 0.192. The van der Waals surface area contributed by atoms with Gasteiger partial charge in [-0.05, 0) is 37.3 Å². The maximum Gasteiger partial charge on any atom is 0.274 e. The fourth-order valence-electron chi connectivity index (χ4n) is 2.58. The molecule has 0 bridgehead atoms. The van der Waals surface area contributed by atoms with Crippen molar-refractivity contribution in [1.29, 1.82) is 0 Å². The van der Waals surface area contributed by atoms with Crippen LogP contribution in [0.15, 0.2) is 35.2 Å². The highest BCUT2D eigenvalue weighted by Gasteiger charge is 2.30. The molecule has 3 rings (SSSR count). The van der Waals surface area contributed by atoms with Crippen molar-refractivity contribution in [1.82, 2.24) is 19.4 Å². The van der Waals surface area contributed by atoms with E-state index in [4.69, 9.17) is 11.6 Å². The van der Waals surface area contributed by atoms with Crippen molar-refractivity contribution >= 4 is 27.5 Å². The van der Waals surface area contributed by atoms with E-state index in [0.717, 1.165) is 5.69 Å². The number of amides is 1. The van der Waals surface area contributed by atoms with Crippen LogP contribution in [0, 0.1) is 6.92 Å². The molecule has 1 fully saturated rings. The molecule has 2 aromatic rings. The first-order chi connectivity index (χ1) is 11.4. The monoisotopic (exact) mass is 368 g/mol. The topological polar surface area (TPSA) is 86.4 Å². The summed E-state index contributed by atoms with van der Waals surface area (Å²) in [5, 5.41) is 7.17. The third-order valence-electron chi connectivity index (χ3n) is 3.90. The number of aryl methyl sites for hydroxylation is 1. The smallest absolute Gasteiger partial charge is 0.274 e. The summed E-state index contributed by atoms with van der Waals surface area (Å²) < 4.78 is 26.6. The van der Waals surface area contributed by atoms with Crippen LogP contribution in [-0.2, 0) is 10.0 Å².